The highest BCUT2D eigenvalue weighted by Crippen LogP contribution is 2.32. The SMILES string of the molecule is C[Si](C)(C)CCOCn1cc(Nc2ccnc(-c3ccccc3)n2)c(-c2nc3cc(CN4CCOCC4)ccc3n2COCC[Si](C)(C)C)n1. The number of benzene rings is 2. The lowest BCUT2D eigenvalue weighted by Crippen LogP contribution is -2.35. The van der Waals surface area contributed by atoms with Gasteiger partial charge in [0, 0.05) is 60.8 Å². The molecule has 1 fully saturated rings. The average molecular weight is 713 g/mol. The molecule has 3 aromatic heterocycles. The molecule has 266 valence electrons. The van der Waals surface area contributed by atoms with Gasteiger partial charge in [-0.15, -0.1) is 0 Å². The molecule has 0 radical (unpaired) electrons. The fourth-order valence-corrected chi connectivity index (χ4v) is 7.22. The molecule has 0 spiro atoms. The Bertz CT molecular complexity index is 1840. The first-order valence-electron chi connectivity index (χ1n) is 17.7. The highest BCUT2D eigenvalue weighted by atomic mass is 28.3. The molecular formula is C37H52N8O3Si2. The van der Waals surface area contributed by atoms with Crippen LogP contribution in [0.5, 0.6) is 0 Å². The minimum atomic E-state index is -1.26. The minimum absolute atomic E-state index is 0.342. The second-order valence-electron chi connectivity index (χ2n) is 15.5. The fourth-order valence-electron chi connectivity index (χ4n) is 5.71. The van der Waals surface area contributed by atoms with Gasteiger partial charge >= 0.3 is 0 Å². The van der Waals surface area contributed by atoms with Crippen molar-refractivity contribution in [3.05, 3.63) is 72.6 Å². The number of rotatable bonds is 16. The van der Waals surface area contributed by atoms with Crippen LogP contribution in [0, 0.1) is 0 Å². The third kappa shape index (κ3) is 9.95. The van der Waals surface area contributed by atoms with E-state index < -0.39 is 16.1 Å². The van der Waals surface area contributed by atoms with Crippen LogP contribution in [-0.4, -0.2) is 89.9 Å². The van der Waals surface area contributed by atoms with E-state index in [0.29, 0.717) is 44.0 Å². The molecular weight excluding hydrogens is 661 g/mol. The molecule has 0 unspecified atom stereocenters. The zero-order chi connectivity index (χ0) is 35.1. The van der Waals surface area contributed by atoms with Crippen LogP contribution in [0.1, 0.15) is 5.56 Å². The lowest BCUT2D eigenvalue weighted by molar-refractivity contribution is 0.0342. The molecule has 0 bridgehead atoms. The summed E-state index contributed by atoms with van der Waals surface area (Å²) in [5.74, 6) is 2.05. The standard InChI is InChI=1S/C37H52N8O3Si2/c1-49(2,3)22-20-47-27-44-26-32(39-34-14-15-38-36(41-34)30-10-8-7-9-11-30)35(42-44)37-40-31-24-29(25-43-16-18-46-19-17-43)12-13-33(31)45(37)28-48-21-23-50(4,5)6/h7-15,24,26H,16-23,25,27-28H2,1-6H3,(H,38,39,41). The lowest BCUT2D eigenvalue weighted by Gasteiger charge is -2.26. The Morgan fingerprint density at radius 3 is 2.28 bits per heavy atom. The molecule has 1 aliphatic heterocycles. The van der Waals surface area contributed by atoms with Gasteiger partial charge < -0.3 is 19.5 Å². The van der Waals surface area contributed by atoms with Crippen LogP contribution in [0.4, 0.5) is 11.5 Å². The highest BCUT2D eigenvalue weighted by Gasteiger charge is 2.22. The van der Waals surface area contributed by atoms with Gasteiger partial charge in [-0.1, -0.05) is 75.7 Å². The number of imidazole rings is 1. The normalized spacial score (nSPS) is 14.4. The molecule has 1 N–H and O–H groups in total. The van der Waals surface area contributed by atoms with Crippen molar-refractivity contribution in [1.29, 1.82) is 0 Å². The van der Waals surface area contributed by atoms with Gasteiger partial charge in [0.05, 0.1) is 36.1 Å². The second-order valence-corrected chi connectivity index (χ2v) is 26.7. The third-order valence-corrected chi connectivity index (χ3v) is 12.1. The monoisotopic (exact) mass is 712 g/mol. The Morgan fingerprint density at radius 1 is 0.840 bits per heavy atom. The predicted octanol–water partition coefficient (Wildman–Crippen LogP) is 7.56. The van der Waals surface area contributed by atoms with E-state index in [9.17, 15) is 0 Å². The van der Waals surface area contributed by atoms with Gasteiger partial charge in [-0.2, -0.15) is 5.10 Å². The molecule has 5 aromatic rings. The number of anilines is 2. The summed E-state index contributed by atoms with van der Waals surface area (Å²) in [5, 5.41) is 8.62. The van der Waals surface area contributed by atoms with Crippen LogP contribution >= 0.6 is 0 Å². The first-order valence-corrected chi connectivity index (χ1v) is 25.1. The summed E-state index contributed by atoms with van der Waals surface area (Å²) in [6.45, 7) is 20.6. The van der Waals surface area contributed by atoms with Gasteiger partial charge in [0.25, 0.3) is 0 Å². The maximum absolute atomic E-state index is 6.36. The molecule has 4 heterocycles. The highest BCUT2D eigenvalue weighted by molar-refractivity contribution is 6.76. The number of hydrogen-bond acceptors (Lipinski definition) is 9. The van der Waals surface area contributed by atoms with Crippen molar-refractivity contribution in [2.75, 3.05) is 44.8 Å². The van der Waals surface area contributed by atoms with Crippen LogP contribution in [0.15, 0.2) is 67.0 Å². The third-order valence-electron chi connectivity index (χ3n) is 8.68. The van der Waals surface area contributed by atoms with E-state index in [-0.39, 0.29) is 0 Å². The van der Waals surface area contributed by atoms with Gasteiger partial charge in [0.15, 0.2) is 17.3 Å². The molecule has 2 aromatic carbocycles. The molecule has 1 saturated heterocycles. The van der Waals surface area contributed by atoms with Crippen molar-refractivity contribution < 1.29 is 14.2 Å². The minimum Gasteiger partial charge on any atom is -0.379 e. The number of nitrogens with one attached hydrogen (secondary N) is 1. The topological polar surface area (TPSA) is 104 Å². The van der Waals surface area contributed by atoms with E-state index in [1.165, 1.54) is 5.56 Å². The Kier molecular flexibility index (Phi) is 11.6. The molecule has 50 heavy (non-hydrogen) atoms. The smallest absolute Gasteiger partial charge is 0.165 e. The lowest BCUT2D eigenvalue weighted by atomic mass is 10.2. The number of fused-ring (bicyclic) bond motifs is 1. The summed E-state index contributed by atoms with van der Waals surface area (Å²) < 4.78 is 22.1. The number of hydrogen-bond donors (Lipinski definition) is 1. The van der Waals surface area contributed by atoms with E-state index in [4.69, 9.17) is 29.3 Å². The molecule has 1 aliphatic rings. The summed E-state index contributed by atoms with van der Waals surface area (Å²) in [6.07, 6.45) is 3.76. The molecule has 0 aliphatic carbocycles. The van der Waals surface area contributed by atoms with Crippen LogP contribution < -0.4 is 5.32 Å². The number of aromatic nitrogens is 6. The van der Waals surface area contributed by atoms with Crippen LogP contribution in [0.3, 0.4) is 0 Å². The molecule has 0 atom stereocenters. The van der Waals surface area contributed by atoms with Crippen molar-refractivity contribution in [3.8, 4) is 22.9 Å². The zero-order valence-corrected chi connectivity index (χ0v) is 32.5. The molecule has 6 rings (SSSR count). The molecule has 11 nitrogen and oxygen atoms in total. The Hall–Kier alpha value is -3.73. The first-order chi connectivity index (χ1) is 24.0. The number of nitrogens with zero attached hydrogens (tertiary/aromatic N) is 7. The Labute approximate surface area is 298 Å². The van der Waals surface area contributed by atoms with Gasteiger partial charge in [-0.05, 0) is 35.9 Å². The van der Waals surface area contributed by atoms with E-state index in [0.717, 1.165) is 73.0 Å². The summed E-state index contributed by atoms with van der Waals surface area (Å²) in [4.78, 5) is 17.1. The summed E-state index contributed by atoms with van der Waals surface area (Å²) in [5.41, 5.74) is 5.60. The van der Waals surface area contributed by atoms with E-state index in [1.807, 2.05) is 47.3 Å². The quantitative estimate of drug-likeness (QED) is 0.0820. The first kappa shape index (κ1) is 36.1. The summed E-state index contributed by atoms with van der Waals surface area (Å²) >= 11 is 0. The van der Waals surface area contributed by atoms with Crippen LogP contribution in [-0.2, 0) is 34.2 Å². The van der Waals surface area contributed by atoms with Crippen molar-refractivity contribution >= 4 is 38.7 Å². The van der Waals surface area contributed by atoms with Crippen LogP contribution in [0.25, 0.3) is 33.9 Å². The predicted molar refractivity (Wildman–Crippen MR) is 206 cm³/mol. The summed E-state index contributed by atoms with van der Waals surface area (Å²) in [7, 11) is -2.49. The maximum atomic E-state index is 6.36. The van der Waals surface area contributed by atoms with E-state index in [1.54, 1.807) is 6.20 Å². The van der Waals surface area contributed by atoms with Gasteiger partial charge in [0.2, 0.25) is 0 Å². The van der Waals surface area contributed by atoms with Crippen molar-refractivity contribution in [2.45, 2.75) is 71.4 Å². The van der Waals surface area contributed by atoms with Gasteiger partial charge in [-0.25, -0.2) is 19.6 Å². The largest absolute Gasteiger partial charge is 0.379 e. The van der Waals surface area contributed by atoms with Crippen molar-refractivity contribution in [2.24, 2.45) is 0 Å². The molecule has 13 heteroatoms. The maximum Gasteiger partial charge on any atom is 0.165 e. The molecule has 0 saturated carbocycles. The van der Waals surface area contributed by atoms with Gasteiger partial charge in [-0.3, -0.25) is 9.47 Å². The Balaban J connectivity index is 1.36. The number of ether oxygens (including phenoxy) is 3. The second kappa shape index (κ2) is 16.1. The Morgan fingerprint density at radius 2 is 1.56 bits per heavy atom. The summed E-state index contributed by atoms with van der Waals surface area (Å²) in [6, 6.07) is 20.6. The number of morpholine rings is 1. The van der Waals surface area contributed by atoms with Gasteiger partial charge in [0.1, 0.15) is 19.3 Å². The molecule has 0 amide bonds. The van der Waals surface area contributed by atoms with E-state index in [2.05, 4.69) is 77.2 Å². The zero-order valence-electron chi connectivity index (χ0n) is 30.5. The van der Waals surface area contributed by atoms with Crippen molar-refractivity contribution in [3.63, 3.8) is 0 Å². The van der Waals surface area contributed by atoms with Crippen molar-refractivity contribution in [1.82, 2.24) is 34.2 Å². The van der Waals surface area contributed by atoms with Crippen LogP contribution in [0.2, 0.25) is 51.4 Å². The fraction of sp³-hybridized carbons (Fsp3) is 0.459. The average Bonchev–Trinajstić information content (AvgIpc) is 3.65. The van der Waals surface area contributed by atoms with E-state index >= 15 is 0 Å².